The molecule has 0 aliphatic rings. The number of nitrogens with one attached hydrogen (secondary N) is 3. The van der Waals surface area contributed by atoms with E-state index in [4.69, 9.17) is 0 Å². The minimum absolute atomic E-state index is 0.234. The summed E-state index contributed by atoms with van der Waals surface area (Å²) in [5, 5.41) is 8.02. The van der Waals surface area contributed by atoms with Crippen molar-refractivity contribution in [2.75, 3.05) is 17.2 Å². The average molecular weight is 291 g/mol. The van der Waals surface area contributed by atoms with Gasteiger partial charge in [0.05, 0.1) is 0 Å². The summed E-state index contributed by atoms with van der Waals surface area (Å²) in [7, 11) is 0. The maximum absolute atomic E-state index is 12.1. The molecular formula is C15H21N3O3. The smallest absolute Gasteiger partial charge is 0.251 e. The fourth-order valence-electron chi connectivity index (χ4n) is 1.79. The van der Waals surface area contributed by atoms with Gasteiger partial charge in [-0.05, 0) is 24.6 Å². The van der Waals surface area contributed by atoms with Crippen LogP contribution in [0, 0.1) is 0 Å². The first kappa shape index (κ1) is 16.7. The summed E-state index contributed by atoms with van der Waals surface area (Å²) in [4.78, 5) is 34.3. The second kappa shape index (κ2) is 8.04. The van der Waals surface area contributed by atoms with Crippen molar-refractivity contribution >= 4 is 29.1 Å². The molecule has 0 heterocycles. The van der Waals surface area contributed by atoms with Gasteiger partial charge >= 0.3 is 0 Å². The Balaban J connectivity index is 2.97. The van der Waals surface area contributed by atoms with E-state index in [-0.39, 0.29) is 17.7 Å². The van der Waals surface area contributed by atoms with Gasteiger partial charge < -0.3 is 16.0 Å². The van der Waals surface area contributed by atoms with Crippen LogP contribution in [0.4, 0.5) is 11.4 Å². The summed E-state index contributed by atoms with van der Waals surface area (Å²) >= 11 is 0. The summed E-state index contributed by atoms with van der Waals surface area (Å²) in [5.74, 6) is -0.720. The maximum atomic E-state index is 12.1. The fourth-order valence-corrected chi connectivity index (χ4v) is 1.79. The van der Waals surface area contributed by atoms with E-state index in [0.29, 0.717) is 23.5 Å². The van der Waals surface area contributed by atoms with Crippen LogP contribution >= 0.6 is 0 Å². The number of unbranched alkanes of at least 4 members (excludes halogenated alkanes) is 1. The topological polar surface area (TPSA) is 87.3 Å². The zero-order chi connectivity index (χ0) is 15.8. The molecule has 0 aliphatic carbocycles. The Morgan fingerprint density at radius 2 is 1.48 bits per heavy atom. The number of rotatable bonds is 6. The van der Waals surface area contributed by atoms with E-state index in [1.54, 1.807) is 18.2 Å². The van der Waals surface area contributed by atoms with E-state index in [1.165, 1.54) is 13.8 Å². The molecule has 114 valence electrons. The lowest BCUT2D eigenvalue weighted by molar-refractivity contribution is -0.115. The van der Waals surface area contributed by atoms with E-state index >= 15 is 0 Å². The first-order valence-electron chi connectivity index (χ1n) is 6.91. The summed E-state index contributed by atoms with van der Waals surface area (Å²) in [6, 6.07) is 4.76. The third-order valence-corrected chi connectivity index (χ3v) is 2.65. The predicted molar refractivity (Wildman–Crippen MR) is 82.3 cm³/mol. The normalized spacial score (nSPS) is 9.86. The highest BCUT2D eigenvalue weighted by Crippen LogP contribution is 2.19. The van der Waals surface area contributed by atoms with Gasteiger partial charge in [-0.3, -0.25) is 14.4 Å². The molecular weight excluding hydrogens is 270 g/mol. The van der Waals surface area contributed by atoms with Gasteiger partial charge in [-0.25, -0.2) is 0 Å². The van der Waals surface area contributed by atoms with Gasteiger partial charge in [-0.1, -0.05) is 13.3 Å². The molecule has 0 fully saturated rings. The molecule has 6 heteroatoms. The zero-order valence-corrected chi connectivity index (χ0v) is 12.6. The second-order valence-corrected chi connectivity index (χ2v) is 4.77. The minimum Gasteiger partial charge on any atom is -0.352 e. The number of carbonyl (C=O) groups is 3. The number of benzene rings is 1. The van der Waals surface area contributed by atoms with Crippen molar-refractivity contribution in [3.63, 3.8) is 0 Å². The first-order valence-corrected chi connectivity index (χ1v) is 6.91. The molecule has 1 aromatic carbocycles. The molecule has 0 bridgehead atoms. The van der Waals surface area contributed by atoms with Crippen molar-refractivity contribution in [2.45, 2.75) is 33.6 Å². The number of carbonyl (C=O) groups excluding carboxylic acids is 3. The molecule has 3 amide bonds. The van der Waals surface area contributed by atoms with E-state index < -0.39 is 0 Å². The van der Waals surface area contributed by atoms with Gasteiger partial charge in [0.25, 0.3) is 5.91 Å². The monoisotopic (exact) mass is 291 g/mol. The number of amides is 3. The minimum atomic E-state index is -0.243. The van der Waals surface area contributed by atoms with Gasteiger partial charge in [0.15, 0.2) is 0 Å². The van der Waals surface area contributed by atoms with E-state index in [9.17, 15) is 14.4 Å². The van der Waals surface area contributed by atoms with Crippen molar-refractivity contribution in [1.29, 1.82) is 0 Å². The summed E-state index contributed by atoms with van der Waals surface area (Å²) in [5.41, 5.74) is 1.32. The lowest BCUT2D eigenvalue weighted by Crippen LogP contribution is -2.24. The first-order chi connectivity index (χ1) is 9.92. The molecule has 0 spiro atoms. The summed E-state index contributed by atoms with van der Waals surface area (Å²) in [6.07, 6.45) is 1.89. The summed E-state index contributed by atoms with van der Waals surface area (Å²) < 4.78 is 0. The Labute approximate surface area is 124 Å². The quantitative estimate of drug-likeness (QED) is 0.702. The van der Waals surface area contributed by atoms with Crippen LogP contribution in [0.2, 0.25) is 0 Å². The molecule has 0 unspecified atom stereocenters. The number of anilines is 2. The van der Waals surface area contributed by atoms with Gasteiger partial charge in [-0.15, -0.1) is 0 Å². The second-order valence-electron chi connectivity index (χ2n) is 4.77. The molecule has 0 saturated heterocycles. The Kier molecular flexibility index (Phi) is 6.39. The highest BCUT2D eigenvalue weighted by molar-refractivity contribution is 5.99. The van der Waals surface area contributed by atoms with E-state index in [0.717, 1.165) is 12.8 Å². The third-order valence-electron chi connectivity index (χ3n) is 2.65. The number of hydrogen-bond donors (Lipinski definition) is 3. The van der Waals surface area contributed by atoms with Crippen LogP contribution in [0.25, 0.3) is 0 Å². The predicted octanol–water partition coefficient (Wildman–Crippen LogP) is 2.13. The molecule has 1 rings (SSSR count). The van der Waals surface area contributed by atoms with E-state index in [2.05, 4.69) is 16.0 Å². The number of hydrogen-bond acceptors (Lipinski definition) is 3. The molecule has 0 atom stereocenters. The lowest BCUT2D eigenvalue weighted by Gasteiger charge is -2.11. The lowest BCUT2D eigenvalue weighted by atomic mass is 10.1. The molecule has 0 aliphatic heterocycles. The Hall–Kier alpha value is -2.37. The standard InChI is InChI=1S/C15H21N3O3/c1-4-5-6-16-15(21)12-7-13(17-10(2)19)9-14(8-12)18-11(3)20/h7-9H,4-6H2,1-3H3,(H,16,21)(H,17,19)(H,18,20). The maximum Gasteiger partial charge on any atom is 0.251 e. The van der Waals surface area contributed by atoms with Crippen LogP contribution in [0.5, 0.6) is 0 Å². The SMILES string of the molecule is CCCCNC(=O)c1cc(NC(C)=O)cc(NC(C)=O)c1. The van der Waals surface area contributed by atoms with Gasteiger partial charge in [0, 0.05) is 37.3 Å². The van der Waals surface area contributed by atoms with Crippen LogP contribution in [0.15, 0.2) is 18.2 Å². The highest BCUT2D eigenvalue weighted by Gasteiger charge is 2.10. The van der Waals surface area contributed by atoms with Crippen LogP contribution in [0.3, 0.4) is 0 Å². The van der Waals surface area contributed by atoms with Gasteiger partial charge in [0.2, 0.25) is 11.8 Å². The van der Waals surface area contributed by atoms with Crippen molar-refractivity contribution in [1.82, 2.24) is 5.32 Å². The van der Waals surface area contributed by atoms with Crippen molar-refractivity contribution in [2.24, 2.45) is 0 Å². The van der Waals surface area contributed by atoms with E-state index in [1.807, 2.05) is 6.92 Å². The van der Waals surface area contributed by atoms with Crippen LogP contribution in [-0.4, -0.2) is 24.3 Å². The summed E-state index contributed by atoms with van der Waals surface area (Å²) in [6.45, 7) is 5.39. The van der Waals surface area contributed by atoms with Crippen molar-refractivity contribution < 1.29 is 14.4 Å². The third kappa shape index (κ3) is 6.07. The Morgan fingerprint density at radius 3 is 1.90 bits per heavy atom. The molecule has 0 radical (unpaired) electrons. The molecule has 3 N–H and O–H groups in total. The molecule has 0 aromatic heterocycles. The molecule has 21 heavy (non-hydrogen) atoms. The van der Waals surface area contributed by atoms with Crippen LogP contribution in [0.1, 0.15) is 44.0 Å². The fraction of sp³-hybridized carbons (Fsp3) is 0.400. The zero-order valence-electron chi connectivity index (χ0n) is 12.6. The van der Waals surface area contributed by atoms with Crippen molar-refractivity contribution in [3.05, 3.63) is 23.8 Å². The highest BCUT2D eigenvalue weighted by atomic mass is 16.2. The average Bonchev–Trinajstić information content (AvgIpc) is 2.36. The van der Waals surface area contributed by atoms with Gasteiger partial charge in [0.1, 0.15) is 0 Å². The van der Waals surface area contributed by atoms with Crippen LogP contribution < -0.4 is 16.0 Å². The molecule has 0 saturated carbocycles. The van der Waals surface area contributed by atoms with Crippen LogP contribution in [-0.2, 0) is 9.59 Å². The largest absolute Gasteiger partial charge is 0.352 e. The van der Waals surface area contributed by atoms with Crippen molar-refractivity contribution in [3.8, 4) is 0 Å². The molecule has 6 nitrogen and oxygen atoms in total. The van der Waals surface area contributed by atoms with Gasteiger partial charge in [-0.2, -0.15) is 0 Å². The molecule has 1 aromatic rings. The Bertz CT molecular complexity index is 507. The Morgan fingerprint density at radius 1 is 0.952 bits per heavy atom.